The molecule has 0 saturated heterocycles. The van der Waals surface area contributed by atoms with E-state index in [9.17, 15) is 0 Å². The fraction of sp³-hybridized carbons (Fsp3) is 0.214. The normalized spacial score (nSPS) is 11.5. The first-order valence-corrected chi connectivity index (χ1v) is 6.57. The van der Waals surface area contributed by atoms with E-state index in [4.69, 9.17) is 27.3 Å². The van der Waals surface area contributed by atoms with E-state index in [0.29, 0.717) is 22.0 Å². The molecule has 2 aromatic rings. The molecule has 2 rings (SSSR count). The highest BCUT2D eigenvalue weighted by atomic mass is 35.5. The van der Waals surface area contributed by atoms with E-state index in [1.807, 2.05) is 13.0 Å². The summed E-state index contributed by atoms with van der Waals surface area (Å²) in [5.74, 6) is 0.617. The molecule has 0 radical (unpaired) electrons. The Kier molecular flexibility index (Phi) is 4.28. The van der Waals surface area contributed by atoms with Crippen LogP contribution in [0.15, 0.2) is 23.4 Å². The molecule has 0 fully saturated rings. The second kappa shape index (κ2) is 5.97. The van der Waals surface area contributed by atoms with Crippen molar-refractivity contribution in [3.05, 3.63) is 45.6 Å². The first-order valence-electron chi connectivity index (χ1n) is 6.19. The van der Waals surface area contributed by atoms with E-state index in [2.05, 4.69) is 15.4 Å². The van der Waals surface area contributed by atoms with Crippen molar-refractivity contribution in [2.24, 2.45) is 10.9 Å². The van der Waals surface area contributed by atoms with Crippen LogP contribution in [-0.2, 0) is 0 Å². The summed E-state index contributed by atoms with van der Waals surface area (Å²) < 4.78 is 5.75. The van der Waals surface area contributed by atoms with Crippen molar-refractivity contribution >= 4 is 17.4 Å². The number of aryl methyl sites for hydroxylation is 2. The Morgan fingerprint density at radius 1 is 1.29 bits per heavy atom. The van der Waals surface area contributed by atoms with Gasteiger partial charge in [0.15, 0.2) is 5.84 Å². The molecule has 0 aliphatic heterocycles. The molecule has 0 aliphatic carbocycles. The van der Waals surface area contributed by atoms with Gasteiger partial charge in [0, 0.05) is 5.02 Å². The summed E-state index contributed by atoms with van der Waals surface area (Å²) in [4.78, 5) is 0. The number of hydrogen-bond acceptors (Lipinski definition) is 5. The van der Waals surface area contributed by atoms with E-state index >= 15 is 0 Å². The van der Waals surface area contributed by atoms with E-state index in [1.54, 1.807) is 26.0 Å². The number of nitrogens with two attached hydrogens (primary N) is 1. The van der Waals surface area contributed by atoms with Crippen molar-refractivity contribution < 1.29 is 9.94 Å². The molecule has 0 atom stereocenters. The Bertz CT molecular complexity index is 716. The second-order valence-corrected chi connectivity index (χ2v) is 5.02. The highest BCUT2D eigenvalue weighted by molar-refractivity contribution is 6.30. The van der Waals surface area contributed by atoms with Gasteiger partial charge in [-0.05, 0) is 44.0 Å². The maximum atomic E-state index is 8.93. The van der Waals surface area contributed by atoms with Crippen molar-refractivity contribution in [1.82, 2.24) is 10.2 Å². The van der Waals surface area contributed by atoms with Crippen molar-refractivity contribution in [1.29, 1.82) is 0 Å². The number of amidine groups is 1. The Morgan fingerprint density at radius 3 is 2.67 bits per heavy atom. The fourth-order valence-electron chi connectivity index (χ4n) is 1.80. The summed E-state index contributed by atoms with van der Waals surface area (Å²) in [5, 5.41) is 20.5. The van der Waals surface area contributed by atoms with Crippen molar-refractivity contribution in [2.75, 3.05) is 0 Å². The predicted octanol–water partition coefficient (Wildman–Crippen LogP) is 2.94. The summed E-state index contributed by atoms with van der Waals surface area (Å²) in [7, 11) is 0. The van der Waals surface area contributed by atoms with Crippen LogP contribution in [0.4, 0.5) is 0 Å². The van der Waals surface area contributed by atoms with E-state index in [-0.39, 0.29) is 11.7 Å². The van der Waals surface area contributed by atoms with E-state index in [1.165, 1.54) is 0 Å². The average Bonchev–Trinajstić information content (AvgIpc) is 2.46. The molecule has 1 aromatic carbocycles. The monoisotopic (exact) mass is 306 g/mol. The molecule has 0 bridgehead atoms. The smallest absolute Gasteiger partial charge is 0.250 e. The van der Waals surface area contributed by atoms with Gasteiger partial charge >= 0.3 is 0 Å². The topological polar surface area (TPSA) is 93.6 Å². The number of benzene rings is 1. The van der Waals surface area contributed by atoms with Crippen molar-refractivity contribution in [3.8, 4) is 11.6 Å². The third kappa shape index (κ3) is 3.05. The zero-order valence-corrected chi connectivity index (χ0v) is 12.6. The molecule has 21 heavy (non-hydrogen) atoms. The number of oxime groups is 1. The van der Waals surface area contributed by atoms with Crippen LogP contribution in [0, 0.1) is 20.8 Å². The molecule has 110 valence electrons. The van der Waals surface area contributed by atoms with Crippen LogP contribution in [0.1, 0.15) is 22.4 Å². The van der Waals surface area contributed by atoms with Crippen LogP contribution in [0.2, 0.25) is 5.02 Å². The maximum absolute atomic E-state index is 8.93. The Balaban J connectivity index is 2.54. The average molecular weight is 307 g/mol. The van der Waals surface area contributed by atoms with Gasteiger partial charge in [-0.15, -0.1) is 5.10 Å². The molecule has 0 aliphatic rings. The van der Waals surface area contributed by atoms with E-state index in [0.717, 1.165) is 11.1 Å². The third-order valence-corrected chi connectivity index (χ3v) is 3.38. The van der Waals surface area contributed by atoms with E-state index < -0.39 is 0 Å². The Labute approximate surface area is 127 Å². The standard InChI is InChI=1S/C14H15ClN4O2/c1-7-4-5-10(15)6-11(7)21-14-12(13(16)19-20)8(2)9(3)17-18-14/h4-6,20H,1-3H3,(H2,16,19). The minimum atomic E-state index is -0.0832. The molecule has 0 spiro atoms. The summed E-state index contributed by atoms with van der Waals surface area (Å²) in [6.45, 7) is 5.46. The Morgan fingerprint density at radius 2 is 2.00 bits per heavy atom. The molecule has 0 amide bonds. The zero-order valence-electron chi connectivity index (χ0n) is 11.9. The van der Waals surface area contributed by atoms with Crippen LogP contribution in [0.5, 0.6) is 11.6 Å². The molecule has 7 heteroatoms. The number of ether oxygens (including phenoxy) is 1. The lowest BCUT2D eigenvalue weighted by molar-refractivity contribution is 0.318. The lowest BCUT2D eigenvalue weighted by atomic mass is 10.1. The predicted molar refractivity (Wildman–Crippen MR) is 80.3 cm³/mol. The van der Waals surface area contributed by atoms with Crippen LogP contribution in [0.25, 0.3) is 0 Å². The van der Waals surface area contributed by atoms with Gasteiger partial charge < -0.3 is 15.7 Å². The van der Waals surface area contributed by atoms with Crippen molar-refractivity contribution in [2.45, 2.75) is 20.8 Å². The van der Waals surface area contributed by atoms with Crippen LogP contribution >= 0.6 is 11.6 Å². The van der Waals surface area contributed by atoms with Gasteiger partial charge in [0.25, 0.3) is 0 Å². The van der Waals surface area contributed by atoms with Crippen LogP contribution in [0.3, 0.4) is 0 Å². The lowest BCUT2D eigenvalue weighted by Crippen LogP contribution is -2.18. The number of aromatic nitrogens is 2. The number of halogens is 1. The quantitative estimate of drug-likeness (QED) is 0.393. The van der Waals surface area contributed by atoms with Crippen LogP contribution in [-0.4, -0.2) is 21.2 Å². The first kappa shape index (κ1) is 15.1. The first-order chi connectivity index (χ1) is 9.93. The summed E-state index contributed by atoms with van der Waals surface area (Å²) in [6, 6.07) is 5.26. The molecular formula is C14H15ClN4O2. The molecule has 0 unspecified atom stereocenters. The molecule has 1 heterocycles. The molecule has 1 aromatic heterocycles. The van der Waals surface area contributed by atoms with Gasteiger partial charge in [-0.1, -0.05) is 22.8 Å². The molecule has 0 saturated carbocycles. The van der Waals surface area contributed by atoms with Crippen molar-refractivity contribution in [3.63, 3.8) is 0 Å². The van der Waals surface area contributed by atoms with Gasteiger partial charge in [0.2, 0.25) is 5.88 Å². The van der Waals surface area contributed by atoms with Crippen LogP contribution < -0.4 is 10.5 Å². The minimum Gasteiger partial charge on any atom is -0.437 e. The molecular weight excluding hydrogens is 292 g/mol. The van der Waals surface area contributed by atoms with Gasteiger partial charge in [0.1, 0.15) is 5.75 Å². The Hall–Kier alpha value is -2.34. The highest BCUT2D eigenvalue weighted by Crippen LogP contribution is 2.30. The van der Waals surface area contributed by atoms with Gasteiger partial charge in [-0.25, -0.2) is 0 Å². The second-order valence-electron chi connectivity index (χ2n) is 4.59. The summed E-state index contributed by atoms with van der Waals surface area (Å²) >= 11 is 5.96. The summed E-state index contributed by atoms with van der Waals surface area (Å²) in [6.07, 6.45) is 0. The number of nitrogens with zero attached hydrogens (tertiary/aromatic N) is 3. The van der Waals surface area contributed by atoms with Gasteiger partial charge in [-0.3, -0.25) is 0 Å². The molecule has 6 nitrogen and oxygen atoms in total. The zero-order chi connectivity index (χ0) is 15.6. The largest absolute Gasteiger partial charge is 0.437 e. The van der Waals surface area contributed by atoms with Gasteiger partial charge in [-0.2, -0.15) is 5.10 Å². The fourth-order valence-corrected chi connectivity index (χ4v) is 1.96. The van der Waals surface area contributed by atoms with Gasteiger partial charge in [0.05, 0.1) is 11.3 Å². The molecule has 3 N–H and O–H groups in total. The summed E-state index contributed by atoms with van der Waals surface area (Å²) in [5.41, 5.74) is 8.40. The lowest BCUT2D eigenvalue weighted by Gasteiger charge is -2.13. The number of hydrogen-bond donors (Lipinski definition) is 2. The minimum absolute atomic E-state index is 0.0832. The highest BCUT2D eigenvalue weighted by Gasteiger charge is 2.18. The maximum Gasteiger partial charge on any atom is 0.250 e. The SMILES string of the molecule is Cc1ccc(Cl)cc1Oc1nnc(C)c(C)c1C(N)=NO. The number of rotatable bonds is 3. The third-order valence-electron chi connectivity index (χ3n) is 3.14.